The summed E-state index contributed by atoms with van der Waals surface area (Å²) in [4.78, 5) is 4.30. The molecule has 2 aromatic carbocycles. The Kier molecular flexibility index (Phi) is 4.85. The minimum Gasteiger partial charge on any atom is -0.506 e. The van der Waals surface area contributed by atoms with Gasteiger partial charge in [-0.15, -0.1) is 0 Å². The predicted molar refractivity (Wildman–Crippen MR) is 92.2 cm³/mol. The van der Waals surface area contributed by atoms with Gasteiger partial charge in [-0.05, 0) is 75.5 Å². The molecule has 0 bridgehead atoms. The Bertz CT molecular complexity index is 614. The maximum atomic E-state index is 9.93. The fraction of sp³-hybridized carbons (Fsp3) is 0. The van der Waals surface area contributed by atoms with Crippen LogP contribution < -0.4 is 0 Å². The van der Waals surface area contributed by atoms with Crippen LogP contribution in [0.3, 0.4) is 0 Å². The SMILES string of the molecule is Oc1c(I)cc(I)cc1/C=N/c1cccc(Cl)c1. The van der Waals surface area contributed by atoms with Crippen LogP contribution in [0.1, 0.15) is 5.56 Å². The van der Waals surface area contributed by atoms with Crippen molar-refractivity contribution in [3.63, 3.8) is 0 Å². The van der Waals surface area contributed by atoms with Gasteiger partial charge in [-0.3, -0.25) is 4.99 Å². The second kappa shape index (κ2) is 6.21. The number of aliphatic imine (C=N–C) groups is 1. The average molecular weight is 483 g/mol. The molecule has 2 rings (SSSR count). The predicted octanol–water partition coefficient (Wildman–Crippen LogP) is 5.01. The number of nitrogens with zero attached hydrogens (tertiary/aromatic N) is 1. The van der Waals surface area contributed by atoms with Gasteiger partial charge in [0.25, 0.3) is 0 Å². The number of hydrogen-bond acceptors (Lipinski definition) is 2. The van der Waals surface area contributed by atoms with E-state index in [0.717, 1.165) is 12.8 Å². The molecule has 0 heterocycles. The fourth-order valence-corrected chi connectivity index (χ4v) is 3.46. The van der Waals surface area contributed by atoms with E-state index in [-0.39, 0.29) is 5.75 Å². The van der Waals surface area contributed by atoms with Gasteiger partial charge in [0, 0.05) is 20.4 Å². The highest BCUT2D eigenvalue weighted by Crippen LogP contribution is 2.26. The monoisotopic (exact) mass is 483 g/mol. The van der Waals surface area contributed by atoms with Gasteiger partial charge in [0.05, 0.1) is 9.26 Å². The molecule has 18 heavy (non-hydrogen) atoms. The molecule has 0 aliphatic rings. The molecule has 1 N–H and O–H groups in total. The first-order valence-electron chi connectivity index (χ1n) is 5.04. The standard InChI is InChI=1S/C13H8ClI2NO/c14-9-2-1-3-11(5-9)17-7-8-4-10(15)6-12(16)13(8)18/h1-7,18H/b17-7+. The van der Waals surface area contributed by atoms with Crippen LogP contribution in [0.25, 0.3) is 0 Å². The van der Waals surface area contributed by atoms with Crippen molar-refractivity contribution < 1.29 is 5.11 Å². The minimum atomic E-state index is 0.252. The van der Waals surface area contributed by atoms with E-state index in [2.05, 4.69) is 50.2 Å². The van der Waals surface area contributed by atoms with E-state index in [9.17, 15) is 5.11 Å². The van der Waals surface area contributed by atoms with E-state index in [1.807, 2.05) is 24.3 Å². The number of phenols is 1. The first-order valence-corrected chi connectivity index (χ1v) is 7.57. The van der Waals surface area contributed by atoms with Crippen molar-refractivity contribution in [2.45, 2.75) is 0 Å². The molecule has 0 saturated heterocycles. The molecule has 0 aliphatic heterocycles. The lowest BCUT2D eigenvalue weighted by Gasteiger charge is -2.02. The maximum Gasteiger partial charge on any atom is 0.137 e. The van der Waals surface area contributed by atoms with Crippen molar-refractivity contribution >= 4 is 68.7 Å². The van der Waals surface area contributed by atoms with Crippen LogP contribution >= 0.6 is 56.8 Å². The summed E-state index contributed by atoms with van der Waals surface area (Å²) in [6, 6.07) is 11.1. The summed E-state index contributed by atoms with van der Waals surface area (Å²) < 4.78 is 1.87. The highest BCUT2D eigenvalue weighted by molar-refractivity contribution is 14.1. The van der Waals surface area contributed by atoms with Crippen molar-refractivity contribution in [2.75, 3.05) is 0 Å². The largest absolute Gasteiger partial charge is 0.506 e. The van der Waals surface area contributed by atoms with Crippen LogP contribution in [-0.4, -0.2) is 11.3 Å². The second-order valence-corrected chi connectivity index (χ2v) is 6.41. The molecule has 0 amide bonds. The maximum absolute atomic E-state index is 9.93. The quantitative estimate of drug-likeness (QED) is 0.473. The van der Waals surface area contributed by atoms with Crippen molar-refractivity contribution in [3.8, 4) is 5.75 Å². The summed E-state index contributed by atoms with van der Waals surface area (Å²) in [7, 11) is 0. The summed E-state index contributed by atoms with van der Waals surface area (Å²) in [6.07, 6.45) is 1.64. The van der Waals surface area contributed by atoms with Crippen LogP contribution in [0.4, 0.5) is 5.69 Å². The molecule has 0 fully saturated rings. The van der Waals surface area contributed by atoms with Gasteiger partial charge in [0.1, 0.15) is 5.75 Å². The first-order chi connectivity index (χ1) is 8.56. The normalized spacial score (nSPS) is 11.1. The Morgan fingerprint density at radius 1 is 1.17 bits per heavy atom. The van der Waals surface area contributed by atoms with Crippen LogP contribution in [0.2, 0.25) is 5.02 Å². The van der Waals surface area contributed by atoms with E-state index in [4.69, 9.17) is 11.6 Å². The van der Waals surface area contributed by atoms with Crippen molar-refractivity contribution in [1.29, 1.82) is 0 Å². The number of aromatic hydroxyl groups is 1. The molecule has 0 aromatic heterocycles. The number of hydrogen-bond donors (Lipinski definition) is 1. The Morgan fingerprint density at radius 2 is 1.94 bits per heavy atom. The molecule has 0 saturated carbocycles. The molecule has 2 nitrogen and oxygen atoms in total. The second-order valence-electron chi connectivity index (χ2n) is 3.56. The zero-order valence-corrected chi connectivity index (χ0v) is 14.1. The number of halogens is 3. The van der Waals surface area contributed by atoms with E-state index in [1.165, 1.54) is 0 Å². The Labute approximate surface area is 137 Å². The number of phenolic OH excluding ortho intramolecular Hbond substituents is 1. The Hall–Kier alpha value is -0.340. The zero-order valence-electron chi connectivity index (χ0n) is 9.07. The summed E-state index contributed by atoms with van der Waals surface area (Å²) >= 11 is 10.2. The van der Waals surface area contributed by atoms with Gasteiger partial charge >= 0.3 is 0 Å². The molecular formula is C13H8ClI2NO. The molecule has 92 valence electrons. The minimum absolute atomic E-state index is 0.252. The summed E-state index contributed by atoms with van der Waals surface area (Å²) in [5.41, 5.74) is 1.46. The van der Waals surface area contributed by atoms with E-state index in [0.29, 0.717) is 10.6 Å². The molecule has 5 heteroatoms. The lowest BCUT2D eigenvalue weighted by Crippen LogP contribution is -1.87. The van der Waals surface area contributed by atoms with Crippen LogP contribution in [0, 0.1) is 7.14 Å². The van der Waals surface area contributed by atoms with Gasteiger partial charge < -0.3 is 5.11 Å². The van der Waals surface area contributed by atoms with E-state index in [1.54, 1.807) is 18.3 Å². The summed E-state index contributed by atoms with van der Waals surface area (Å²) in [5, 5.41) is 10.6. The van der Waals surface area contributed by atoms with Gasteiger partial charge in [-0.2, -0.15) is 0 Å². The average Bonchev–Trinajstić information content (AvgIpc) is 2.32. The third-order valence-electron chi connectivity index (χ3n) is 2.22. The van der Waals surface area contributed by atoms with Crippen molar-refractivity contribution in [1.82, 2.24) is 0 Å². The van der Waals surface area contributed by atoms with Crippen LogP contribution in [-0.2, 0) is 0 Å². The first kappa shape index (κ1) is 14.1. The fourth-order valence-electron chi connectivity index (χ4n) is 1.38. The third-order valence-corrected chi connectivity index (χ3v) is 3.90. The molecule has 0 atom stereocenters. The lowest BCUT2D eigenvalue weighted by molar-refractivity contribution is 0.470. The highest BCUT2D eigenvalue weighted by atomic mass is 127. The number of rotatable bonds is 2. The van der Waals surface area contributed by atoms with E-state index >= 15 is 0 Å². The van der Waals surface area contributed by atoms with Crippen molar-refractivity contribution in [2.24, 2.45) is 4.99 Å². The van der Waals surface area contributed by atoms with E-state index < -0.39 is 0 Å². The summed E-state index contributed by atoms with van der Waals surface area (Å²) in [6.45, 7) is 0. The van der Waals surface area contributed by atoms with Gasteiger partial charge in [0.15, 0.2) is 0 Å². The summed E-state index contributed by atoms with van der Waals surface area (Å²) in [5.74, 6) is 0.252. The number of benzene rings is 2. The topological polar surface area (TPSA) is 32.6 Å². The highest BCUT2D eigenvalue weighted by Gasteiger charge is 2.05. The molecule has 2 aromatic rings. The molecule has 0 spiro atoms. The van der Waals surface area contributed by atoms with Crippen LogP contribution in [0.5, 0.6) is 5.75 Å². The van der Waals surface area contributed by atoms with Crippen LogP contribution in [0.15, 0.2) is 41.4 Å². The Balaban J connectivity index is 2.34. The lowest BCUT2D eigenvalue weighted by atomic mass is 10.2. The molecule has 0 unspecified atom stereocenters. The molecular weight excluding hydrogens is 475 g/mol. The van der Waals surface area contributed by atoms with Gasteiger partial charge in [-0.1, -0.05) is 17.7 Å². The third kappa shape index (κ3) is 3.58. The smallest absolute Gasteiger partial charge is 0.137 e. The van der Waals surface area contributed by atoms with Gasteiger partial charge in [-0.25, -0.2) is 0 Å². The molecule has 0 aliphatic carbocycles. The van der Waals surface area contributed by atoms with Gasteiger partial charge in [0.2, 0.25) is 0 Å². The zero-order chi connectivity index (χ0) is 13.1. The van der Waals surface area contributed by atoms with Crippen molar-refractivity contribution in [3.05, 3.63) is 54.1 Å². The molecule has 0 radical (unpaired) electrons. The Morgan fingerprint density at radius 3 is 2.67 bits per heavy atom.